The Balaban J connectivity index is 2.38. The van der Waals surface area contributed by atoms with Crippen LogP contribution in [-0.4, -0.2) is 45.4 Å². The van der Waals surface area contributed by atoms with Crippen molar-refractivity contribution < 1.29 is 22.3 Å². The summed E-state index contributed by atoms with van der Waals surface area (Å²) >= 11 is 0. The minimum Gasteiger partial charge on any atom is -0.465 e. The summed E-state index contributed by atoms with van der Waals surface area (Å²) in [4.78, 5) is 11.5. The van der Waals surface area contributed by atoms with Gasteiger partial charge in [0.15, 0.2) is 0 Å². The number of ether oxygens (including phenoxy) is 1. The number of carbonyl (C=O) groups is 1. The molecule has 0 atom stereocenters. The minimum atomic E-state index is -4.13. The molecule has 0 amide bonds. The van der Waals surface area contributed by atoms with Crippen molar-refractivity contribution in [2.45, 2.75) is 11.3 Å². The number of halogens is 1. The van der Waals surface area contributed by atoms with Crippen LogP contribution < -0.4 is 5.73 Å². The molecular weight excluding hydrogens is 359 g/mol. The Labute approximate surface area is 152 Å². The van der Waals surface area contributed by atoms with Crippen LogP contribution in [0.4, 0.5) is 4.39 Å². The van der Waals surface area contributed by atoms with E-state index in [-0.39, 0.29) is 19.6 Å². The third kappa shape index (κ3) is 4.46. The Kier molecular flexibility index (Phi) is 6.84. The van der Waals surface area contributed by atoms with E-state index in [1.807, 2.05) is 30.3 Å². The minimum absolute atomic E-state index is 0.0479. The SMILES string of the molecule is COC(=O)c1c(F)cccc1S(=O)(=O)N(CCN)CCc1ccccc1. The predicted molar refractivity (Wildman–Crippen MR) is 95.7 cm³/mol. The number of esters is 1. The number of hydrogen-bond donors (Lipinski definition) is 1. The van der Waals surface area contributed by atoms with Crippen molar-refractivity contribution in [2.75, 3.05) is 26.7 Å². The fourth-order valence-corrected chi connectivity index (χ4v) is 4.20. The van der Waals surface area contributed by atoms with Crippen LogP contribution in [0.1, 0.15) is 15.9 Å². The van der Waals surface area contributed by atoms with E-state index in [0.29, 0.717) is 6.42 Å². The van der Waals surface area contributed by atoms with Crippen molar-refractivity contribution in [3.8, 4) is 0 Å². The molecule has 2 aromatic rings. The van der Waals surface area contributed by atoms with Gasteiger partial charge in [-0.3, -0.25) is 0 Å². The van der Waals surface area contributed by atoms with E-state index < -0.39 is 32.3 Å². The zero-order valence-electron chi connectivity index (χ0n) is 14.4. The molecule has 2 aromatic carbocycles. The Bertz CT molecular complexity index is 857. The fourth-order valence-electron chi connectivity index (χ4n) is 2.55. The molecule has 0 aliphatic carbocycles. The molecule has 6 nitrogen and oxygen atoms in total. The van der Waals surface area contributed by atoms with Crippen molar-refractivity contribution in [1.29, 1.82) is 0 Å². The van der Waals surface area contributed by atoms with Gasteiger partial charge in [-0.25, -0.2) is 17.6 Å². The highest BCUT2D eigenvalue weighted by atomic mass is 32.2. The lowest BCUT2D eigenvalue weighted by atomic mass is 10.1. The largest absolute Gasteiger partial charge is 0.465 e. The van der Waals surface area contributed by atoms with Crippen LogP contribution in [0.15, 0.2) is 53.4 Å². The van der Waals surface area contributed by atoms with Gasteiger partial charge in [-0.1, -0.05) is 36.4 Å². The predicted octanol–water partition coefficient (Wildman–Crippen LogP) is 1.80. The first-order valence-corrected chi connectivity index (χ1v) is 9.46. The van der Waals surface area contributed by atoms with Gasteiger partial charge in [0.25, 0.3) is 0 Å². The van der Waals surface area contributed by atoms with Gasteiger partial charge in [-0.2, -0.15) is 4.31 Å². The summed E-state index contributed by atoms with van der Waals surface area (Å²) in [5.41, 5.74) is 5.91. The highest BCUT2D eigenvalue weighted by molar-refractivity contribution is 7.89. The van der Waals surface area contributed by atoms with E-state index in [0.717, 1.165) is 23.0 Å². The standard InChI is InChI=1S/C18H21FN2O4S/c1-25-18(22)17-15(19)8-5-9-16(17)26(23,24)21(13-11-20)12-10-14-6-3-2-4-7-14/h2-9H,10-13,20H2,1H3. The van der Waals surface area contributed by atoms with E-state index in [9.17, 15) is 17.6 Å². The highest BCUT2D eigenvalue weighted by Crippen LogP contribution is 2.23. The van der Waals surface area contributed by atoms with E-state index >= 15 is 0 Å². The molecule has 0 aliphatic rings. The molecule has 0 saturated carbocycles. The van der Waals surface area contributed by atoms with Gasteiger partial charge in [0, 0.05) is 19.6 Å². The van der Waals surface area contributed by atoms with Crippen LogP contribution in [0, 0.1) is 5.82 Å². The van der Waals surface area contributed by atoms with Crippen molar-refractivity contribution in [3.05, 3.63) is 65.5 Å². The van der Waals surface area contributed by atoms with Gasteiger partial charge >= 0.3 is 5.97 Å². The average Bonchev–Trinajstić information content (AvgIpc) is 2.65. The first-order chi connectivity index (χ1) is 12.4. The van der Waals surface area contributed by atoms with Crippen LogP contribution in [-0.2, 0) is 21.2 Å². The maximum absolute atomic E-state index is 14.1. The molecule has 0 spiro atoms. The van der Waals surface area contributed by atoms with Gasteiger partial charge in [0.2, 0.25) is 10.0 Å². The summed E-state index contributed by atoms with van der Waals surface area (Å²) in [6, 6.07) is 12.8. The number of nitrogens with zero attached hydrogens (tertiary/aromatic N) is 1. The molecule has 0 saturated heterocycles. The van der Waals surface area contributed by atoms with Crippen LogP contribution in [0.25, 0.3) is 0 Å². The van der Waals surface area contributed by atoms with Gasteiger partial charge in [-0.15, -0.1) is 0 Å². The number of nitrogens with two attached hydrogens (primary N) is 1. The second-order valence-electron chi connectivity index (χ2n) is 5.53. The van der Waals surface area contributed by atoms with E-state index in [1.165, 1.54) is 12.1 Å². The molecule has 26 heavy (non-hydrogen) atoms. The fraction of sp³-hybridized carbons (Fsp3) is 0.278. The number of rotatable bonds is 8. The van der Waals surface area contributed by atoms with Gasteiger partial charge in [-0.05, 0) is 24.1 Å². The molecule has 8 heteroatoms. The zero-order chi connectivity index (χ0) is 19.2. The summed E-state index contributed by atoms with van der Waals surface area (Å²) in [7, 11) is -3.06. The quantitative estimate of drug-likeness (QED) is 0.706. The topological polar surface area (TPSA) is 89.7 Å². The van der Waals surface area contributed by atoms with E-state index in [1.54, 1.807) is 0 Å². The van der Waals surface area contributed by atoms with Crippen LogP contribution >= 0.6 is 0 Å². The van der Waals surface area contributed by atoms with Crippen LogP contribution in [0.2, 0.25) is 0 Å². The Hall–Kier alpha value is -2.29. The van der Waals surface area contributed by atoms with Crippen LogP contribution in [0.5, 0.6) is 0 Å². The Morgan fingerprint density at radius 2 is 1.81 bits per heavy atom. The van der Waals surface area contributed by atoms with Gasteiger partial charge in [0.05, 0.1) is 12.0 Å². The maximum atomic E-state index is 14.1. The second-order valence-corrected chi connectivity index (χ2v) is 7.44. The number of methoxy groups -OCH3 is 1. The lowest BCUT2D eigenvalue weighted by molar-refractivity contribution is 0.0590. The van der Waals surface area contributed by atoms with Crippen molar-refractivity contribution in [1.82, 2.24) is 4.31 Å². The van der Waals surface area contributed by atoms with Crippen molar-refractivity contribution in [2.24, 2.45) is 5.73 Å². The molecule has 2 rings (SSSR count). The summed E-state index contributed by atoms with van der Waals surface area (Å²) in [5, 5.41) is 0. The van der Waals surface area contributed by atoms with Gasteiger partial charge < -0.3 is 10.5 Å². The van der Waals surface area contributed by atoms with Crippen LogP contribution in [0.3, 0.4) is 0 Å². The molecule has 0 fully saturated rings. The molecule has 0 aliphatic heterocycles. The lowest BCUT2D eigenvalue weighted by Gasteiger charge is -2.23. The van der Waals surface area contributed by atoms with E-state index in [4.69, 9.17) is 5.73 Å². The first-order valence-electron chi connectivity index (χ1n) is 8.02. The average molecular weight is 380 g/mol. The summed E-state index contributed by atoms with van der Waals surface area (Å²) in [5.74, 6) is -1.99. The monoisotopic (exact) mass is 380 g/mol. The maximum Gasteiger partial charge on any atom is 0.342 e. The number of hydrogen-bond acceptors (Lipinski definition) is 5. The zero-order valence-corrected chi connectivity index (χ0v) is 15.2. The van der Waals surface area contributed by atoms with E-state index in [2.05, 4.69) is 4.74 Å². The van der Waals surface area contributed by atoms with Gasteiger partial charge in [0.1, 0.15) is 11.4 Å². The number of carbonyl (C=O) groups excluding carboxylic acids is 1. The number of benzene rings is 2. The van der Waals surface area contributed by atoms with Crippen molar-refractivity contribution in [3.63, 3.8) is 0 Å². The smallest absolute Gasteiger partial charge is 0.342 e. The summed E-state index contributed by atoms with van der Waals surface area (Å²) < 4.78 is 45.9. The summed E-state index contributed by atoms with van der Waals surface area (Å²) in [6.07, 6.45) is 0.461. The lowest BCUT2D eigenvalue weighted by Crippen LogP contribution is -2.37. The normalized spacial score (nSPS) is 11.5. The molecule has 0 bridgehead atoms. The molecule has 0 aromatic heterocycles. The molecule has 2 N–H and O–H groups in total. The molecule has 0 unspecified atom stereocenters. The summed E-state index contributed by atoms with van der Waals surface area (Å²) in [6.45, 7) is 0.295. The Morgan fingerprint density at radius 3 is 2.42 bits per heavy atom. The number of sulfonamides is 1. The molecular formula is C18H21FN2O4S. The first kappa shape index (κ1) is 20.0. The third-order valence-corrected chi connectivity index (χ3v) is 5.79. The molecule has 0 heterocycles. The molecule has 140 valence electrons. The highest BCUT2D eigenvalue weighted by Gasteiger charge is 2.31. The Morgan fingerprint density at radius 1 is 1.12 bits per heavy atom. The van der Waals surface area contributed by atoms with Crippen molar-refractivity contribution >= 4 is 16.0 Å². The second kappa shape index (κ2) is 8.88. The molecule has 0 radical (unpaired) electrons. The third-order valence-electron chi connectivity index (χ3n) is 3.85.